The predicted molar refractivity (Wildman–Crippen MR) is 49.6 cm³/mol. The number of carbonyl (C=O) groups excluding carboxylic acids is 1. The molecule has 78 valence electrons. The Balaban J connectivity index is 2.29. The molecule has 3 nitrogen and oxygen atoms in total. The van der Waals surface area contributed by atoms with Crippen molar-refractivity contribution in [3.05, 3.63) is 12.2 Å². The van der Waals surface area contributed by atoms with Gasteiger partial charge >= 0.3 is 5.97 Å². The van der Waals surface area contributed by atoms with Crippen molar-refractivity contribution in [1.82, 2.24) is 4.90 Å². The van der Waals surface area contributed by atoms with Crippen LogP contribution in [-0.2, 0) is 9.53 Å². The van der Waals surface area contributed by atoms with E-state index >= 15 is 0 Å². The second-order valence-electron chi connectivity index (χ2n) is 4.13. The van der Waals surface area contributed by atoms with E-state index in [1.54, 1.807) is 0 Å². The Morgan fingerprint density at radius 1 is 1.79 bits per heavy atom. The maximum absolute atomic E-state index is 13.2. The SMILES string of the molecule is C=C1CN2CC(F)C[C@@]2(C(=O)OC)C1. The topological polar surface area (TPSA) is 29.5 Å². The normalized spacial score (nSPS) is 37.3. The highest BCUT2D eigenvalue weighted by Gasteiger charge is 2.55. The third-order valence-electron chi connectivity index (χ3n) is 3.11. The van der Waals surface area contributed by atoms with Gasteiger partial charge in [0.15, 0.2) is 0 Å². The molecular weight excluding hydrogens is 185 g/mol. The molecule has 0 aromatic heterocycles. The number of esters is 1. The van der Waals surface area contributed by atoms with E-state index in [0.29, 0.717) is 19.5 Å². The Kier molecular flexibility index (Phi) is 2.10. The van der Waals surface area contributed by atoms with Crippen LogP contribution in [0, 0.1) is 0 Å². The molecule has 0 spiro atoms. The lowest BCUT2D eigenvalue weighted by Crippen LogP contribution is -2.46. The van der Waals surface area contributed by atoms with E-state index < -0.39 is 11.7 Å². The average Bonchev–Trinajstić information content (AvgIpc) is 2.55. The molecule has 0 saturated carbocycles. The van der Waals surface area contributed by atoms with Gasteiger partial charge in [-0.1, -0.05) is 12.2 Å². The van der Waals surface area contributed by atoms with Crippen LogP contribution in [-0.4, -0.2) is 42.8 Å². The van der Waals surface area contributed by atoms with Gasteiger partial charge < -0.3 is 4.74 Å². The van der Waals surface area contributed by atoms with Crippen molar-refractivity contribution in [3.63, 3.8) is 0 Å². The molecule has 2 aliphatic heterocycles. The second-order valence-corrected chi connectivity index (χ2v) is 4.13. The molecule has 0 amide bonds. The van der Waals surface area contributed by atoms with E-state index in [4.69, 9.17) is 4.74 Å². The van der Waals surface area contributed by atoms with Gasteiger partial charge in [0.05, 0.1) is 7.11 Å². The minimum atomic E-state index is -0.915. The van der Waals surface area contributed by atoms with Crippen LogP contribution in [0.1, 0.15) is 12.8 Å². The molecule has 2 heterocycles. The number of ether oxygens (including phenoxy) is 1. The minimum absolute atomic E-state index is 0.249. The van der Waals surface area contributed by atoms with Crippen molar-refractivity contribution in [2.24, 2.45) is 0 Å². The van der Waals surface area contributed by atoms with E-state index in [0.717, 1.165) is 5.57 Å². The molecule has 0 aromatic rings. The summed E-state index contributed by atoms with van der Waals surface area (Å²) in [5, 5.41) is 0. The second kappa shape index (κ2) is 3.05. The number of carbonyl (C=O) groups is 1. The number of fused-ring (bicyclic) bond motifs is 1. The smallest absolute Gasteiger partial charge is 0.326 e. The van der Waals surface area contributed by atoms with Gasteiger partial charge in [0.1, 0.15) is 11.7 Å². The lowest BCUT2D eigenvalue weighted by molar-refractivity contribution is -0.151. The number of methoxy groups -OCH3 is 1. The highest BCUT2D eigenvalue weighted by atomic mass is 19.1. The summed E-state index contributed by atoms with van der Waals surface area (Å²) in [5.74, 6) is -0.323. The van der Waals surface area contributed by atoms with Gasteiger partial charge in [-0.15, -0.1) is 0 Å². The first-order chi connectivity index (χ1) is 6.58. The lowest BCUT2D eigenvalue weighted by atomic mass is 9.92. The number of rotatable bonds is 1. The van der Waals surface area contributed by atoms with Crippen molar-refractivity contribution < 1.29 is 13.9 Å². The number of hydrogen-bond acceptors (Lipinski definition) is 3. The summed E-state index contributed by atoms with van der Waals surface area (Å²) in [4.78, 5) is 13.5. The first-order valence-electron chi connectivity index (χ1n) is 4.73. The summed E-state index contributed by atoms with van der Waals surface area (Å²) in [6.07, 6.45) is -0.124. The monoisotopic (exact) mass is 199 g/mol. The van der Waals surface area contributed by atoms with Crippen molar-refractivity contribution in [2.75, 3.05) is 20.2 Å². The largest absolute Gasteiger partial charge is 0.468 e. The molecule has 0 aromatic carbocycles. The molecule has 0 bridgehead atoms. The summed E-state index contributed by atoms with van der Waals surface area (Å²) in [7, 11) is 1.35. The van der Waals surface area contributed by atoms with E-state index in [-0.39, 0.29) is 12.4 Å². The molecule has 2 saturated heterocycles. The number of hydrogen-bond donors (Lipinski definition) is 0. The van der Waals surface area contributed by atoms with Gasteiger partial charge in [-0.2, -0.15) is 0 Å². The molecule has 0 radical (unpaired) electrons. The van der Waals surface area contributed by atoms with Crippen LogP contribution in [0.25, 0.3) is 0 Å². The summed E-state index contributed by atoms with van der Waals surface area (Å²) in [5.41, 5.74) is 0.243. The molecule has 2 fully saturated rings. The summed E-state index contributed by atoms with van der Waals surface area (Å²) >= 11 is 0. The van der Waals surface area contributed by atoms with Gasteiger partial charge in [0.25, 0.3) is 0 Å². The van der Waals surface area contributed by atoms with E-state index in [2.05, 4.69) is 6.58 Å². The number of nitrogens with zero attached hydrogens (tertiary/aromatic N) is 1. The average molecular weight is 199 g/mol. The fraction of sp³-hybridized carbons (Fsp3) is 0.700. The third-order valence-corrected chi connectivity index (χ3v) is 3.11. The van der Waals surface area contributed by atoms with Crippen LogP contribution in [0.15, 0.2) is 12.2 Å². The zero-order valence-corrected chi connectivity index (χ0v) is 8.25. The fourth-order valence-electron chi connectivity index (χ4n) is 2.59. The molecular formula is C10H14FNO2. The fourth-order valence-corrected chi connectivity index (χ4v) is 2.59. The summed E-state index contributed by atoms with van der Waals surface area (Å²) < 4.78 is 18.0. The zero-order chi connectivity index (χ0) is 10.3. The maximum Gasteiger partial charge on any atom is 0.326 e. The predicted octanol–water partition coefficient (Wildman–Crippen LogP) is 0.902. The number of alkyl halides is 1. The van der Waals surface area contributed by atoms with Crippen molar-refractivity contribution in [2.45, 2.75) is 24.6 Å². The number of halogens is 1. The van der Waals surface area contributed by atoms with E-state index in [1.807, 2.05) is 4.90 Å². The van der Waals surface area contributed by atoms with Crippen molar-refractivity contribution in [1.29, 1.82) is 0 Å². The van der Waals surface area contributed by atoms with Gasteiger partial charge in [0, 0.05) is 19.5 Å². The standard InChI is InChI=1S/C10H14FNO2/c1-7-3-10(9(13)14-2)4-8(11)6-12(10)5-7/h8H,1,3-6H2,2H3/t8?,10-/m1/s1. The van der Waals surface area contributed by atoms with Crippen LogP contribution < -0.4 is 0 Å². The van der Waals surface area contributed by atoms with Crippen LogP contribution in [0.2, 0.25) is 0 Å². The molecule has 2 aliphatic rings. The Bertz CT molecular complexity index is 292. The Labute approximate surface area is 82.5 Å². The summed E-state index contributed by atoms with van der Waals surface area (Å²) in [6, 6.07) is 0. The van der Waals surface area contributed by atoms with Gasteiger partial charge in [-0.25, -0.2) is 4.39 Å². The molecule has 0 aliphatic carbocycles. The third kappa shape index (κ3) is 1.17. The molecule has 2 atom stereocenters. The molecule has 1 unspecified atom stereocenters. The van der Waals surface area contributed by atoms with Crippen molar-refractivity contribution in [3.8, 4) is 0 Å². The lowest BCUT2D eigenvalue weighted by Gasteiger charge is -2.27. The Morgan fingerprint density at radius 3 is 3.14 bits per heavy atom. The van der Waals surface area contributed by atoms with E-state index in [9.17, 15) is 9.18 Å². The van der Waals surface area contributed by atoms with E-state index in [1.165, 1.54) is 7.11 Å². The van der Waals surface area contributed by atoms with Crippen LogP contribution in [0.5, 0.6) is 0 Å². The highest BCUT2D eigenvalue weighted by molar-refractivity contribution is 5.82. The van der Waals surface area contributed by atoms with Crippen LogP contribution >= 0.6 is 0 Å². The minimum Gasteiger partial charge on any atom is -0.468 e. The zero-order valence-electron chi connectivity index (χ0n) is 8.25. The first kappa shape index (κ1) is 9.65. The molecule has 0 N–H and O–H groups in total. The Morgan fingerprint density at radius 2 is 2.50 bits per heavy atom. The van der Waals surface area contributed by atoms with Gasteiger partial charge in [0.2, 0.25) is 0 Å². The Hall–Kier alpha value is -0.900. The van der Waals surface area contributed by atoms with Crippen LogP contribution in [0.3, 0.4) is 0 Å². The van der Waals surface area contributed by atoms with Crippen molar-refractivity contribution >= 4 is 5.97 Å². The first-order valence-corrected chi connectivity index (χ1v) is 4.73. The maximum atomic E-state index is 13.2. The van der Waals surface area contributed by atoms with Gasteiger partial charge in [-0.3, -0.25) is 9.69 Å². The summed E-state index contributed by atoms with van der Waals surface area (Å²) in [6.45, 7) is 4.80. The van der Waals surface area contributed by atoms with Gasteiger partial charge in [-0.05, 0) is 6.42 Å². The molecule has 14 heavy (non-hydrogen) atoms. The highest BCUT2D eigenvalue weighted by Crippen LogP contribution is 2.42. The quantitative estimate of drug-likeness (QED) is 0.464. The van der Waals surface area contributed by atoms with Crippen LogP contribution in [0.4, 0.5) is 4.39 Å². The molecule has 4 heteroatoms. The molecule has 2 rings (SSSR count).